The summed E-state index contributed by atoms with van der Waals surface area (Å²) in [6, 6.07) is 9.25. The fraction of sp³-hybridized carbons (Fsp3) is 0.429. The highest BCUT2D eigenvalue weighted by molar-refractivity contribution is 5.87. The van der Waals surface area contributed by atoms with E-state index >= 15 is 0 Å². The first-order valence-electron chi connectivity index (χ1n) is 6.28. The molecule has 1 atom stereocenters. The number of hydrogen-bond donors (Lipinski definition) is 2. The molecule has 1 aromatic carbocycles. The molecular formula is C14H20N2O2. The van der Waals surface area contributed by atoms with E-state index in [1.807, 2.05) is 37.3 Å². The Morgan fingerprint density at radius 3 is 2.39 bits per heavy atom. The Kier molecular flexibility index (Phi) is 5.91. The highest BCUT2D eigenvalue weighted by Crippen LogP contribution is 1.99. The third kappa shape index (κ3) is 4.57. The first-order chi connectivity index (χ1) is 8.67. The van der Waals surface area contributed by atoms with Gasteiger partial charge in [0, 0.05) is 13.0 Å². The van der Waals surface area contributed by atoms with Gasteiger partial charge < -0.3 is 10.6 Å². The summed E-state index contributed by atoms with van der Waals surface area (Å²) < 4.78 is 0. The number of benzene rings is 1. The maximum absolute atomic E-state index is 11.9. The van der Waals surface area contributed by atoms with Gasteiger partial charge in [-0.3, -0.25) is 9.59 Å². The molecule has 98 valence electrons. The van der Waals surface area contributed by atoms with Crippen molar-refractivity contribution in [3.63, 3.8) is 0 Å². The largest absolute Gasteiger partial charge is 0.350 e. The monoisotopic (exact) mass is 248 g/mol. The first-order valence-corrected chi connectivity index (χ1v) is 6.28. The molecule has 0 radical (unpaired) electrons. The fourth-order valence-corrected chi connectivity index (χ4v) is 1.56. The van der Waals surface area contributed by atoms with E-state index in [-0.39, 0.29) is 11.8 Å². The Bertz CT molecular complexity index is 390. The molecule has 0 saturated heterocycles. The average molecular weight is 248 g/mol. The van der Waals surface area contributed by atoms with Gasteiger partial charge in [0.2, 0.25) is 11.8 Å². The van der Waals surface area contributed by atoms with E-state index in [1.165, 1.54) is 0 Å². The van der Waals surface area contributed by atoms with Crippen LogP contribution in [0.3, 0.4) is 0 Å². The van der Waals surface area contributed by atoms with Crippen LogP contribution in [0.5, 0.6) is 0 Å². The van der Waals surface area contributed by atoms with E-state index < -0.39 is 6.04 Å². The van der Waals surface area contributed by atoms with Crippen LogP contribution in [0.15, 0.2) is 30.3 Å². The van der Waals surface area contributed by atoms with Gasteiger partial charge in [-0.05, 0) is 12.0 Å². The molecule has 0 saturated carbocycles. The van der Waals surface area contributed by atoms with Crippen LogP contribution in [0.2, 0.25) is 0 Å². The molecule has 0 aliphatic carbocycles. The lowest BCUT2D eigenvalue weighted by molar-refractivity contribution is -0.129. The number of carbonyl (C=O) groups is 2. The van der Waals surface area contributed by atoms with E-state index in [0.717, 1.165) is 5.56 Å². The maximum atomic E-state index is 11.9. The van der Waals surface area contributed by atoms with Crippen molar-refractivity contribution in [2.75, 3.05) is 0 Å². The number of rotatable bonds is 6. The molecule has 2 amide bonds. The van der Waals surface area contributed by atoms with Gasteiger partial charge in [-0.2, -0.15) is 0 Å². The highest BCUT2D eigenvalue weighted by Gasteiger charge is 2.17. The minimum absolute atomic E-state index is 0.100. The van der Waals surface area contributed by atoms with E-state index in [1.54, 1.807) is 6.92 Å². The van der Waals surface area contributed by atoms with Gasteiger partial charge in [0.1, 0.15) is 6.04 Å². The second kappa shape index (κ2) is 7.48. The summed E-state index contributed by atoms with van der Waals surface area (Å²) in [7, 11) is 0. The van der Waals surface area contributed by atoms with Crippen LogP contribution in [0.25, 0.3) is 0 Å². The van der Waals surface area contributed by atoms with Gasteiger partial charge in [0.05, 0.1) is 0 Å². The van der Waals surface area contributed by atoms with Gasteiger partial charge in [0.25, 0.3) is 0 Å². The first kappa shape index (κ1) is 14.2. The van der Waals surface area contributed by atoms with Crippen LogP contribution in [-0.4, -0.2) is 17.9 Å². The Morgan fingerprint density at radius 1 is 1.17 bits per heavy atom. The van der Waals surface area contributed by atoms with Gasteiger partial charge in [-0.25, -0.2) is 0 Å². The van der Waals surface area contributed by atoms with Crippen LogP contribution in [0.1, 0.15) is 32.3 Å². The molecule has 1 rings (SSSR count). The molecule has 0 spiro atoms. The summed E-state index contributed by atoms with van der Waals surface area (Å²) in [6.45, 7) is 4.13. The smallest absolute Gasteiger partial charge is 0.242 e. The second-order valence-electron chi connectivity index (χ2n) is 4.09. The zero-order valence-corrected chi connectivity index (χ0v) is 10.9. The lowest BCUT2D eigenvalue weighted by Crippen LogP contribution is -2.45. The molecule has 4 heteroatoms. The van der Waals surface area contributed by atoms with Crippen molar-refractivity contribution in [1.29, 1.82) is 0 Å². The zero-order chi connectivity index (χ0) is 13.4. The molecule has 0 fully saturated rings. The van der Waals surface area contributed by atoms with Crippen LogP contribution in [-0.2, 0) is 16.1 Å². The predicted molar refractivity (Wildman–Crippen MR) is 70.8 cm³/mol. The van der Waals surface area contributed by atoms with E-state index in [9.17, 15) is 9.59 Å². The van der Waals surface area contributed by atoms with Crippen LogP contribution >= 0.6 is 0 Å². The molecule has 4 nitrogen and oxygen atoms in total. The standard InChI is InChI=1S/C14H20N2O2/c1-3-12(16-13(17)4-2)14(18)15-10-11-8-6-5-7-9-11/h5-9,12H,3-4,10H2,1-2H3,(H,15,18)(H,16,17). The summed E-state index contributed by atoms with van der Waals surface area (Å²) in [5, 5.41) is 5.53. The lowest BCUT2D eigenvalue weighted by Gasteiger charge is -2.16. The Hall–Kier alpha value is -1.84. The molecule has 0 heterocycles. The Labute approximate surface area is 108 Å². The average Bonchev–Trinajstić information content (AvgIpc) is 2.42. The molecular weight excluding hydrogens is 228 g/mol. The van der Waals surface area contributed by atoms with Crippen molar-refractivity contribution in [2.24, 2.45) is 0 Å². The van der Waals surface area contributed by atoms with Crippen molar-refractivity contribution >= 4 is 11.8 Å². The van der Waals surface area contributed by atoms with Crippen LogP contribution in [0.4, 0.5) is 0 Å². The van der Waals surface area contributed by atoms with Gasteiger partial charge in [-0.15, -0.1) is 0 Å². The SMILES string of the molecule is CCC(=O)NC(CC)C(=O)NCc1ccccc1. The summed E-state index contributed by atoms with van der Waals surface area (Å²) in [5.41, 5.74) is 1.04. The molecule has 0 aliphatic heterocycles. The molecule has 2 N–H and O–H groups in total. The molecule has 1 unspecified atom stereocenters. The normalized spacial score (nSPS) is 11.7. The number of carbonyl (C=O) groups excluding carboxylic acids is 2. The summed E-state index contributed by atoms with van der Waals surface area (Å²) in [6.07, 6.45) is 0.981. The minimum atomic E-state index is -0.443. The topological polar surface area (TPSA) is 58.2 Å². The van der Waals surface area contributed by atoms with Crippen molar-refractivity contribution in [1.82, 2.24) is 10.6 Å². The number of hydrogen-bond acceptors (Lipinski definition) is 2. The molecule has 0 aromatic heterocycles. The van der Waals surface area contributed by atoms with E-state index in [4.69, 9.17) is 0 Å². The third-order valence-electron chi connectivity index (χ3n) is 2.69. The van der Waals surface area contributed by atoms with Gasteiger partial charge in [0.15, 0.2) is 0 Å². The quantitative estimate of drug-likeness (QED) is 0.803. The maximum Gasteiger partial charge on any atom is 0.242 e. The van der Waals surface area contributed by atoms with Gasteiger partial charge >= 0.3 is 0 Å². The lowest BCUT2D eigenvalue weighted by atomic mass is 10.2. The fourth-order valence-electron chi connectivity index (χ4n) is 1.56. The highest BCUT2D eigenvalue weighted by atomic mass is 16.2. The molecule has 1 aromatic rings. The van der Waals surface area contributed by atoms with Crippen molar-refractivity contribution in [3.05, 3.63) is 35.9 Å². The van der Waals surface area contributed by atoms with Gasteiger partial charge in [-0.1, -0.05) is 44.2 Å². The minimum Gasteiger partial charge on any atom is -0.350 e. The van der Waals surface area contributed by atoms with Crippen LogP contribution in [0, 0.1) is 0 Å². The Balaban J connectivity index is 2.45. The third-order valence-corrected chi connectivity index (χ3v) is 2.69. The number of nitrogens with one attached hydrogen (secondary N) is 2. The Morgan fingerprint density at radius 2 is 1.83 bits per heavy atom. The molecule has 18 heavy (non-hydrogen) atoms. The number of amides is 2. The van der Waals surface area contributed by atoms with E-state index in [0.29, 0.717) is 19.4 Å². The zero-order valence-electron chi connectivity index (χ0n) is 10.9. The van der Waals surface area contributed by atoms with Crippen LogP contribution < -0.4 is 10.6 Å². The van der Waals surface area contributed by atoms with E-state index in [2.05, 4.69) is 10.6 Å². The predicted octanol–water partition coefficient (Wildman–Crippen LogP) is 1.61. The molecule has 0 bridgehead atoms. The summed E-state index contributed by atoms with van der Waals surface area (Å²) >= 11 is 0. The van der Waals surface area contributed by atoms with Crippen molar-refractivity contribution in [2.45, 2.75) is 39.3 Å². The molecule has 0 aliphatic rings. The second-order valence-corrected chi connectivity index (χ2v) is 4.09. The summed E-state index contributed by atoms with van der Waals surface area (Å²) in [4.78, 5) is 23.1. The van der Waals surface area contributed by atoms with Crippen molar-refractivity contribution < 1.29 is 9.59 Å². The summed E-state index contributed by atoms with van der Waals surface area (Å²) in [5.74, 6) is -0.236. The van der Waals surface area contributed by atoms with Crippen molar-refractivity contribution in [3.8, 4) is 0 Å².